The van der Waals surface area contributed by atoms with Crippen molar-refractivity contribution in [2.45, 2.75) is 25.8 Å². The Morgan fingerprint density at radius 2 is 1.72 bits per heavy atom. The van der Waals surface area contributed by atoms with Crippen LogP contribution in [0.25, 0.3) is 0 Å². The minimum Gasteiger partial charge on any atom is -0.494 e. The minimum atomic E-state index is -0.767. The lowest BCUT2D eigenvalue weighted by atomic mass is 10.1. The number of methoxy groups -OCH3 is 2. The van der Waals surface area contributed by atoms with Gasteiger partial charge >= 0.3 is 0 Å². The molecule has 1 aliphatic rings. The standard InChI is InChI=1S/C29H30ClN3O5S/c1-4-38-23-12-10-22(11-13-23)33-27(34)18-24(28(33)35)32(29(39)31-21-8-6-20(30)7-9-21)16-15-19-5-14-25(36-2)26(17-19)37-3/h5-14,17,24H,4,15-16,18H2,1-3H3,(H,31,39). The van der Waals surface area contributed by atoms with E-state index < -0.39 is 6.04 Å². The number of hydrogen-bond donors (Lipinski definition) is 1. The Balaban J connectivity index is 1.58. The molecular weight excluding hydrogens is 538 g/mol. The highest BCUT2D eigenvalue weighted by molar-refractivity contribution is 7.80. The van der Waals surface area contributed by atoms with Gasteiger partial charge in [-0.25, -0.2) is 4.90 Å². The molecule has 204 valence electrons. The van der Waals surface area contributed by atoms with Crippen molar-refractivity contribution < 1.29 is 23.8 Å². The smallest absolute Gasteiger partial charge is 0.257 e. The maximum Gasteiger partial charge on any atom is 0.257 e. The third kappa shape index (κ3) is 6.61. The molecule has 3 aromatic carbocycles. The van der Waals surface area contributed by atoms with Crippen molar-refractivity contribution in [3.63, 3.8) is 0 Å². The maximum absolute atomic E-state index is 13.7. The monoisotopic (exact) mass is 567 g/mol. The molecular formula is C29H30ClN3O5S. The molecule has 1 heterocycles. The van der Waals surface area contributed by atoms with Gasteiger partial charge in [-0.1, -0.05) is 17.7 Å². The van der Waals surface area contributed by atoms with E-state index in [-0.39, 0.29) is 18.2 Å². The van der Waals surface area contributed by atoms with Crippen LogP contribution in [0.2, 0.25) is 5.02 Å². The summed E-state index contributed by atoms with van der Waals surface area (Å²) in [5.74, 6) is 1.27. The second-order valence-electron chi connectivity index (χ2n) is 8.78. The lowest BCUT2D eigenvalue weighted by Crippen LogP contribution is -2.48. The van der Waals surface area contributed by atoms with Crippen LogP contribution in [-0.4, -0.2) is 55.2 Å². The van der Waals surface area contributed by atoms with Gasteiger partial charge < -0.3 is 24.4 Å². The van der Waals surface area contributed by atoms with Gasteiger partial charge in [0.05, 0.1) is 32.9 Å². The first-order valence-corrected chi connectivity index (χ1v) is 13.3. The Morgan fingerprint density at radius 1 is 1.03 bits per heavy atom. The zero-order valence-corrected chi connectivity index (χ0v) is 23.6. The molecule has 0 radical (unpaired) electrons. The fraction of sp³-hybridized carbons (Fsp3) is 0.276. The molecule has 8 nitrogen and oxygen atoms in total. The summed E-state index contributed by atoms with van der Waals surface area (Å²) in [6, 6.07) is 18.9. The molecule has 39 heavy (non-hydrogen) atoms. The fourth-order valence-corrected chi connectivity index (χ4v) is 4.86. The molecule has 1 aliphatic heterocycles. The molecule has 1 N–H and O–H groups in total. The first-order valence-electron chi connectivity index (χ1n) is 12.5. The number of ether oxygens (including phenoxy) is 3. The highest BCUT2D eigenvalue weighted by Gasteiger charge is 2.43. The van der Waals surface area contributed by atoms with Crippen molar-refractivity contribution in [3.05, 3.63) is 77.3 Å². The van der Waals surface area contributed by atoms with E-state index in [1.807, 2.05) is 25.1 Å². The van der Waals surface area contributed by atoms with Gasteiger partial charge in [-0.15, -0.1) is 0 Å². The van der Waals surface area contributed by atoms with Gasteiger partial charge in [-0.3, -0.25) is 9.59 Å². The average Bonchev–Trinajstić information content (AvgIpc) is 3.23. The van der Waals surface area contributed by atoms with Gasteiger partial charge in [0.25, 0.3) is 5.91 Å². The number of rotatable bonds is 10. The summed E-state index contributed by atoms with van der Waals surface area (Å²) in [7, 11) is 3.16. The van der Waals surface area contributed by atoms with Crippen molar-refractivity contribution in [2.75, 3.05) is 37.6 Å². The zero-order valence-electron chi connectivity index (χ0n) is 22.0. The summed E-state index contributed by atoms with van der Waals surface area (Å²) in [5.41, 5.74) is 2.18. The topological polar surface area (TPSA) is 80.3 Å². The van der Waals surface area contributed by atoms with E-state index in [1.165, 1.54) is 4.90 Å². The molecule has 2 amide bonds. The Bertz CT molecular complexity index is 1330. The quantitative estimate of drug-likeness (QED) is 0.260. The second-order valence-corrected chi connectivity index (χ2v) is 9.61. The van der Waals surface area contributed by atoms with Crippen LogP contribution in [0.1, 0.15) is 18.9 Å². The van der Waals surface area contributed by atoms with Gasteiger partial charge in [0.15, 0.2) is 16.6 Å². The Labute approximate surface area is 238 Å². The molecule has 0 bridgehead atoms. The number of benzene rings is 3. The number of nitrogens with one attached hydrogen (secondary N) is 1. The number of halogens is 1. The van der Waals surface area contributed by atoms with E-state index in [1.54, 1.807) is 67.7 Å². The Kier molecular flexibility index (Phi) is 9.27. The largest absolute Gasteiger partial charge is 0.494 e. The SMILES string of the molecule is CCOc1ccc(N2C(=O)CC(N(CCc3ccc(OC)c(OC)c3)C(=S)Nc3ccc(Cl)cc3)C2=O)cc1. The lowest BCUT2D eigenvalue weighted by Gasteiger charge is -2.30. The minimum absolute atomic E-state index is 0.000413. The third-order valence-electron chi connectivity index (χ3n) is 6.35. The van der Waals surface area contributed by atoms with Crippen LogP contribution in [0.3, 0.4) is 0 Å². The number of thiocarbonyl (C=S) groups is 1. The number of imide groups is 1. The molecule has 0 aromatic heterocycles. The first kappa shape index (κ1) is 28.2. The van der Waals surface area contributed by atoms with Crippen molar-refractivity contribution in [2.24, 2.45) is 0 Å². The molecule has 1 fully saturated rings. The fourth-order valence-electron chi connectivity index (χ4n) is 4.40. The summed E-state index contributed by atoms with van der Waals surface area (Å²) in [6.45, 7) is 2.80. The van der Waals surface area contributed by atoms with E-state index in [2.05, 4.69) is 5.32 Å². The van der Waals surface area contributed by atoms with E-state index in [9.17, 15) is 9.59 Å². The Morgan fingerprint density at radius 3 is 2.36 bits per heavy atom. The number of carbonyl (C=O) groups is 2. The molecule has 10 heteroatoms. The predicted molar refractivity (Wildman–Crippen MR) is 156 cm³/mol. The second kappa shape index (κ2) is 12.8. The third-order valence-corrected chi connectivity index (χ3v) is 6.94. The number of amides is 2. The van der Waals surface area contributed by atoms with Crippen LogP contribution in [0.5, 0.6) is 17.2 Å². The molecule has 1 unspecified atom stereocenters. The van der Waals surface area contributed by atoms with Gasteiger partial charge in [0, 0.05) is 17.3 Å². The Hall–Kier alpha value is -3.82. The number of nitrogens with zero attached hydrogens (tertiary/aromatic N) is 2. The summed E-state index contributed by atoms with van der Waals surface area (Å²) < 4.78 is 16.3. The van der Waals surface area contributed by atoms with Gasteiger partial charge in [0.2, 0.25) is 5.91 Å². The van der Waals surface area contributed by atoms with Gasteiger partial charge in [0.1, 0.15) is 11.8 Å². The average molecular weight is 568 g/mol. The van der Waals surface area contributed by atoms with E-state index in [0.717, 1.165) is 11.3 Å². The molecule has 0 aliphatic carbocycles. The van der Waals surface area contributed by atoms with Crippen LogP contribution in [-0.2, 0) is 16.0 Å². The van der Waals surface area contributed by atoms with Crippen LogP contribution >= 0.6 is 23.8 Å². The number of anilines is 2. The molecule has 3 aromatic rings. The summed E-state index contributed by atoms with van der Waals surface area (Å²) >= 11 is 11.8. The molecule has 0 saturated carbocycles. The molecule has 4 rings (SSSR count). The van der Waals surface area contributed by atoms with Crippen molar-refractivity contribution in [3.8, 4) is 17.2 Å². The summed E-state index contributed by atoms with van der Waals surface area (Å²) in [6.07, 6.45) is 0.546. The number of hydrogen-bond acceptors (Lipinski definition) is 6. The zero-order chi connectivity index (χ0) is 27.9. The van der Waals surface area contributed by atoms with Crippen molar-refractivity contribution in [1.82, 2.24) is 4.90 Å². The van der Waals surface area contributed by atoms with Crippen molar-refractivity contribution in [1.29, 1.82) is 0 Å². The van der Waals surface area contributed by atoms with E-state index in [0.29, 0.717) is 52.6 Å². The normalized spacial score (nSPS) is 14.8. The lowest BCUT2D eigenvalue weighted by molar-refractivity contribution is -0.122. The first-order chi connectivity index (χ1) is 18.8. The highest BCUT2D eigenvalue weighted by Crippen LogP contribution is 2.30. The maximum atomic E-state index is 13.7. The van der Waals surface area contributed by atoms with Gasteiger partial charge in [-0.05, 0) is 91.8 Å². The summed E-state index contributed by atoms with van der Waals surface area (Å²) in [4.78, 5) is 29.7. The van der Waals surface area contributed by atoms with Crippen LogP contribution < -0.4 is 24.4 Å². The van der Waals surface area contributed by atoms with Crippen molar-refractivity contribution >= 4 is 52.1 Å². The molecule has 0 spiro atoms. The molecule has 1 atom stereocenters. The predicted octanol–water partition coefficient (Wildman–Crippen LogP) is 5.33. The van der Waals surface area contributed by atoms with E-state index in [4.69, 9.17) is 38.0 Å². The van der Waals surface area contributed by atoms with E-state index >= 15 is 0 Å². The van der Waals surface area contributed by atoms with Crippen LogP contribution in [0.15, 0.2) is 66.7 Å². The van der Waals surface area contributed by atoms with Crippen LogP contribution in [0.4, 0.5) is 11.4 Å². The van der Waals surface area contributed by atoms with Crippen LogP contribution in [0, 0.1) is 0 Å². The summed E-state index contributed by atoms with van der Waals surface area (Å²) in [5, 5.41) is 4.12. The highest BCUT2D eigenvalue weighted by atomic mass is 35.5. The molecule has 1 saturated heterocycles. The number of carbonyl (C=O) groups excluding carboxylic acids is 2. The van der Waals surface area contributed by atoms with Gasteiger partial charge in [-0.2, -0.15) is 0 Å².